The van der Waals surface area contributed by atoms with E-state index in [2.05, 4.69) is 0 Å². The van der Waals surface area contributed by atoms with Gasteiger partial charge in [-0.15, -0.1) is 0 Å². The molecule has 0 spiro atoms. The average molecular weight is 178 g/mol. The van der Waals surface area contributed by atoms with Gasteiger partial charge < -0.3 is 9.84 Å². The number of ether oxygens (including phenoxy) is 1. The Labute approximate surface area is 76.0 Å². The van der Waals surface area contributed by atoms with Crippen LogP contribution in [0.2, 0.25) is 0 Å². The molecule has 1 atom stereocenters. The van der Waals surface area contributed by atoms with Crippen LogP contribution in [-0.4, -0.2) is 17.7 Å². The van der Waals surface area contributed by atoms with Gasteiger partial charge in [0.25, 0.3) is 0 Å². The highest BCUT2D eigenvalue weighted by atomic mass is 16.5. The molecule has 13 heavy (non-hydrogen) atoms. The highest BCUT2D eigenvalue weighted by molar-refractivity contribution is 5.88. The first-order valence-electron chi connectivity index (χ1n) is 4.18. The molecule has 0 fully saturated rings. The summed E-state index contributed by atoms with van der Waals surface area (Å²) >= 11 is 0. The first kappa shape index (κ1) is 8.10. The molecule has 0 aliphatic carbocycles. The van der Waals surface area contributed by atoms with Crippen molar-refractivity contribution in [3.8, 4) is 5.75 Å². The Morgan fingerprint density at radius 2 is 2.38 bits per heavy atom. The maximum Gasteiger partial charge on any atom is 0.335 e. The smallest absolute Gasteiger partial charge is 0.335 e. The second kappa shape index (κ2) is 2.76. The number of carboxylic acids is 1. The Balaban J connectivity index is 2.47. The lowest BCUT2D eigenvalue weighted by Crippen LogP contribution is -1.97. The number of carboxylic acid groups (broad SMARTS) is 1. The highest BCUT2D eigenvalue weighted by Gasteiger charge is 2.21. The molecule has 3 nitrogen and oxygen atoms in total. The number of fused-ring (bicyclic) bond motifs is 1. The van der Waals surface area contributed by atoms with E-state index in [1.54, 1.807) is 18.2 Å². The lowest BCUT2D eigenvalue weighted by molar-refractivity contribution is 0.0697. The minimum Gasteiger partial charge on any atom is -0.493 e. The summed E-state index contributed by atoms with van der Waals surface area (Å²) in [7, 11) is 0. The van der Waals surface area contributed by atoms with Crippen LogP contribution in [0.15, 0.2) is 18.2 Å². The molecule has 1 aliphatic rings. The Kier molecular flexibility index (Phi) is 1.72. The first-order valence-corrected chi connectivity index (χ1v) is 4.18. The van der Waals surface area contributed by atoms with E-state index >= 15 is 0 Å². The van der Waals surface area contributed by atoms with Gasteiger partial charge >= 0.3 is 5.97 Å². The summed E-state index contributed by atoms with van der Waals surface area (Å²) < 4.78 is 5.35. The third kappa shape index (κ3) is 1.26. The summed E-state index contributed by atoms with van der Waals surface area (Å²) in [6.45, 7) is 2.68. The van der Waals surface area contributed by atoms with Crippen LogP contribution in [0.3, 0.4) is 0 Å². The van der Waals surface area contributed by atoms with Gasteiger partial charge in [0.1, 0.15) is 5.75 Å². The largest absolute Gasteiger partial charge is 0.493 e. The van der Waals surface area contributed by atoms with E-state index < -0.39 is 5.97 Å². The Morgan fingerprint density at radius 3 is 3.08 bits per heavy atom. The van der Waals surface area contributed by atoms with E-state index in [4.69, 9.17) is 9.84 Å². The molecular weight excluding hydrogens is 168 g/mol. The van der Waals surface area contributed by atoms with Gasteiger partial charge in [-0.3, -0.25) is 0 Å². The van der Waals surface area contributed by atoms with Crippen LogP contribution in [0.1, 0.15) is 28.8 Å². The molecule has 1 aromatic carbocycles. The summed E-state index contributed by atoms with van der Waals surface area (Å²) in [5.41, 5.74) is 1.33. The van der Waals surface area contributed by atoms with Crippen molar-refractivity contribution in [1.29, 1.82) is 0 Å². The second-order valence-corrected chi connectivity index (χ2v) is 3.27. The number of carbonyl (C=O) groups is 1. The molecule has 0 aromatic heterocycles. The summed E-state index contributed by atoms with van der Waals surface area (Å²) in [5.74, 6) is 0.230. The molecule has 2 rings (SSSR count). The number of aromatic carboxylic acids is 1. The normalized spacial score (nSPS) is 19.3. The minimum atomic E-state index is -0.887. The third-order valence-electron chi connectivity index (χ3n) is 2.28. The second-order valence-electron chi connectivity index (χ2n) is 3.27. The van der Waals surface area contributed by atoms with Gasteiger partial charge in [-0.05, 0) is 18.2 Å². The van der Waals surface area contributed by atoms with Crippen molar-refractivity contribution in [2.75, 3.05) is 6.61 Å². The molecule has 1 N–H and O–H groups in total. The van der Waals surface area contributed by atoms with Gasteiger partial charge in [0.05, 0.1) is 12.2 Å². The van der Waals surface area contributed by atoms with Crippen LogP contribution < -0.4 is 4.74 Å². The molecular formula is C10H10O3. The fraction of sp³-hybridized carbons (Fsp3) is 0.300. The number of rotatable bonds is 1. The van der Waals surface area contributed by atoms with Crippen molar-refractivity contribution in [3.63, 3.8) is 0 Å². The van der Waals surface area contributed by atoms with Crippen LogP contribution >= 0.6 is 0 Å². The predicted octanol–water partition coefficient (Wildman–Crippen LogP) is 1.88. The topological polar surface area (TPSA) is 46.5 Å². The summed E-state index contributed by atoms with van der Waals surface area (Å²) in [6.07, 6.45) is 0. The molecule has 0 radical (unpaired) electrons. The fourth-order valence-electron chi connectivity index (χ4n) is 1.50. The maximum atomic E-state index is 10.7. The number of hydrogen-bond donors (Lipinski definition) is 1. The van der Waals surface area contributed by atoms with Gasteiger partial charge in [-0.2, -0.15) is 0 Å². The molecule has 1 aliphatic heterocycles. The zero-order chi connectivity index (χ0) is 9.42. The van der Waals surface area contributed by atoms with Gasteiger partial charge in [-0.1, -0.05) is 6.92 Å². The van der Waals surface area contributed by atoms with Gasteiger partial charge in [-0.25, -0.2) is 4.79 Å². The Morgan fingerprint density at radius 1 is 1.62 bits per heavy atom. The molecule has 1 heterocycles. The average Bonchev–Trinajstić information content (AvgIpc) is 2.47. The van der Waals surface area contributed by atoms with E-state index in [0.29, 0.717) is 18.1 Å². The van der Waals surface area contributed by atoms with Crippen molar-refractivity contribution in [3.05, 3.63) is 29.3 Å². The molecule has 0 bridgehead atoms. The zero-order valence-electron chi connectivity index (χ0n) is 7.28. The van der Waals surface area contributed by atoms with Crippen molar-refractivity contribution < 1.29 is 14.6 Å². The molecule has 0 saturated heterocycles. The summed E-state index contributed by atoms with van der Waals surface area (Å²) in [6, 6.07) is 4.98. The Bertz CT molecular complexity index is 357. The van der Waals surface area contributed by atoms with Crippen LogP contribution in [0.4, 0.5) is 0 Å². The van der Waals surface area contributed by atoms with E-state index in [1.165, 1.54) is 0 Å². The van der Waals surface area contributed by atoms with E-state index in [1.807, 2.05) is 6.92 Å². The van der Waals surface area contributed by atoms with Crippen molar-refractivity contribution in [1.82, 2.24) is 0 Å². The molecule has 0 unspecified atom stereocenters. The molecule has 3 heteroatoms. The van der Waals surface area contributed by atoms with E-state index in [9.17, 15) is 4.79 Å². The van der Waals surface area contributed by atoms with Crippen LogP contribution in [-0.2, 0) is 0 Å². The zero-order valence-corrected chi connectivity index (χ0v) is 7.28. The first-order chi connectivity index (χ1) is 6.18. The maximum absolute atomic E-state index is 10.7. The lowest BCUT2D eigenvalue weighted by Gasteiger charge is -2.01. The monoisotopic (exact) mass is 178 g/mol. The molecule has 0 amide bonds. The van der Waals surface area contributed by atoms with Crippen molar-refractivity contribution in [2.24, 2.45) is 0 Å². The minimum absolute atomic E-state index is 0.300. The van der Waals surface area contributed by atoms with Crippen LogP contribution in [0.5, 0.6) is 5.75 Å². The number of benzene rings is 1. The van der Waals surface area contributed by atoms with Gasteiger partial charge in [0.2, 0.25) is 0 Å². The quantitative estimate of drug-likeness (QED) is 0.714. The van der Waals surface area contributed by atoms with Crippen LogP contribution in [0.25, 0.3) is 0 Å². The third-order valence-corrected chi connectivity index (χ3v) is 2.28. The predicted molar refractivity (Wildman–Crippen MR) is 47.3 cm³/mol. The van der Waals surface area contributed by atoms with Crippen LogP contribution in [0, 0.1) is 0 Å². The summed E-state index contributed by atoms with van der Waals surface area (Å²) in [5, 5.41) is 8.76. The fourth-order valence-corrected chi connectivity index (χ4v) is 1.50. The standard InChI is InChI=1S/C10H10O3/c1-6-5-13-9-3-2-7(10(11)12)4-8(6)9/h2-4,6H,5H2,1H3,(H,11,12)/t6-/m0/s1. The van der Waals surface area contributed by atoms with Crippen molar-refractivity contribution >= 4 is 5.97 Å². The Hall–Kier alpha value is -1.51. The summed E-state index contributed by atoms with van der Waals surface area (Å²) in [4.78, 5) is 10.7. The van der Waals surface area contributed by atoms with Gasteiger partial charge in [0.15, 0.2) is 0 Å². The van der Waals surface area contributed by atoms with Crippen molar-refractivity contribution in [2.45, 2.75) is 12.8 Å². The number of hydrogen-bond acceptors (Lipinski definition) is 2. The molecule has 68 valence electrons. The SMILES string of the molecule is C[C@H]1COc2ccc(C(=O)O)cc21. The molecule has 1 aromatic rings. The van der Waals surface area contributed by atoms with E-state index in [0.717, 1.165) is 11.3 Å². The highest BCUT2D eigenvalue weighted by Crippen LogP contribution is 2.33. The van der Waals surface area contributed by atoms with Gasteiger partial charge in [0, 0.05) is 11.5 Å². The lowest BCUT2D eigenvalue weighted by atomic mass is 10.0. The molecule has 0 saturated carbocycles. The van der Waals surface area contributed by atoms with E-state index in [-0.39, 0.29) is 0 Å².